The summed E-state index contributed by atoms with van der Waals surface area (Å²) in [5.74, 6) is 0.215. The minimum absolute atomic E-state index is 0.131. The summed E-state index contributed by atoms with van der Waals surface area (Å²) in [6, 6.07) is 6.04. The fraction of sp³-hybridized carbons (Fsp3) is 0.500. The Morgan fingerprint density at radius 1 is 1.41 bits per heavy atom. The van der Waals surface area contributed by atoms with Gasteiger partial charge in [-0.1, -0.05) is 26.0 Å². The number of sulfone groups is 1. The predicted octanol–water partition coefficient (Wildman–Crippen LogP) is 2.67. The van der Waals surface area contributed by atoms with Gasteiger partial charge in [0.15, 0.2) is 9.84 Å². The normalized spacial score (nSPS) is 22.5. The molecule has 1 unspecified atom stereocenters. The quantitative estimate of drug-likeness (QED) is 0.912. The van der Waals surface area contributed by atoms with Gasteiger partial charge in [-0.3, -0.25) is 0 Å². The van der Waals surface area contributed by atoms with Crippen LogP contribution in [0.15, 0.2) is 27.6 Å². The molecule has 5 heteroatoms. The van der Waals surface area contributed by atoms with Crippen LogP contribution in [-0.2, 0) is 9.84 Å². The SMILES string of the molecule is CC(C)NC1CCS(=O)(=O)c2c(Br)cccc21. The predicted molar refractivity (Wildman–Crippen MR) is 71.8 cm³/mol. The minimum atomic E-state index is -3.13. The zero-order valence-corrected chi connectivity index (χ0v) is 12.3. The van der Waals surface area contributed by atoms with Crippen molar-refractivity contribution in [2.75, 3.05) is 5.75 Å². The Morgan fingerprint density at radius 2 is 2.12 bits per heavy atom. The Bertz CT molecular complexity index is 525. The third-order valence-electron chi connectivity index (χ3n) is 2.89. The van der Waals surface area contributed by atoms with Crippen molar-refractivity contribution in [1.82, 2.24) is 5.32 Å². The van der Waals surface area contributed by atoms with E-state index in [9.17, 15) is 8.42 Å². The number of fused-ring (bicyclic) bond motifs is 1. The van der Waals surface area contributed by atoms with Gasteiger partial charge in [-0.25, -0.2) is 8.42 Å². The average Bonchev–Trinajstić information content (AvgIpc) is 2.21. The molecule has 0 bridgehead atoms. The summed E-state index contributed by atoms with van der Waals surface area (Å²) in [4.78, 5) is 0.462. The summed E-state index contributed by atoms with van der Waals surface area (Å²) in [5, 5.41) is 3.42. The van der Waals surface area contributed by atoms with E-state index in [0.29, 0.717) is 21.8 Å². The van der Waals surface area contributed by atoms with Crippen molar-refractivity contribution in [3.05, 3.63) is 28.2 Å². The van der Waals surface area contributed by atoms with Crippen molar-refractivity contribution < 1.29 is 8.42 Å². The largest absolute Gasteiger partial charge is 0.308 e. The molecule has 1 atom stereocenters. The first-order valence-corrected chi connectivity index (χ1v) is 8.13. The molecule has 1 N–H and O–H groups in total. The first-order chi connectivity index (χ1) is 7.92. The second-order valence-electron chi connectivity index (χ2n) is 4.64. The molecule has 1 aliphatic heterocycles. The first kappa shape index (κ1) is 13.1. The molecule has 3 nitrogen and oxygen atoms in total. The summed E-state index contributed by atoms with van der Waals surface area (Å²) in [6.45, 7) is 4.14. The van der Waals surface area contributed by atoms with Gasteiger partial charge in [0.25, 0.3) is 0 Å². The fourth-order valence-corrected chi connectivity index (χ4v) is 5.04. The van der Waals surface area contributed by atoms with Crippen LogP contribution in [0.1, 0.15) is 31.9 Å². The van der Waals surface area contributed by atoms with Gasteiger partial charge in [0, 0.05) is 16.6 Å². The molecule has 0 aliphatic carbocycles. The Morgan fingerprint density at radius 3 is 2.76 bits per heavy atom. The van der Waals surface area contributed by atoms with E-state index in [1.54, 1.807) is 6.07 Å². The van der Waals surface area contributed by atoms with Crippen LogP contribution in [-0.4, -0.2) is 20.2 Å². The molecule has 0 saturated heterocycles. The second kappa shape index (κ2) is 4.71. The smallest absolute Gasteiger partial charge is 0.179 e. The average molecular weight is 318 g/mol. The van der Waals surface area contributed by atoms with Gasteiger partial charge in [0.1, 0.15) is 0 Å². The van der Waals surface area contributed by atoms with Crippen LogP contribution < -0.4 is 5.32 Å². The van der Waals surface area contributed by atoms with Gasteiger partial charge in [-0.15, -0.1) is 0 Å². The number of hydrogen-bond donors (Lipinski definition) is 1. The van der Waals surface area contributed by atoms with Crippen LogP contribution in [0, 0.1) is 0 Å². The summed E-state index contributed by atoms with van der Waals surface area (Å²) in [5.41, 5.74) is 0.888. The molecule has 1 aliphatic rings. The molecule has 17 heavy (non-hydrogen) atoms. The Hall–Kier alpha value is -0.390. The zero-order chi connectivity index (χ0) is 12.6. The lowest BCUT2D eigenvalue weighted by Gasteiger charge is -2.28. The topological polar surface area (TPSA) is 46.2 Å². The molecule has 1 heterocycles. The highest BCUT2D eigenvalue weighted by Crippen LogP contribution is 2.36. The summed E-state index contributed by atoms with van der Waals surface area (Å²) >= 11 is 3.34. The highest BCUT2D eigenvalue weighted by molar-refractivity contribution is 9.10. The van der Waals surface area contributed by atoms with Crippen LogP contribution in [0.25, 0.3) is 0 Å². The molecule has 0 fully saturated rings. The minimum Gasteiger partial charge on any atom is -0.308 e. The Kier molecular flexibility index (Phi) is 3.61. The first-order valence-electron chi connectivity index (χ1n) is 5.69. The van der Waals surface area contributed by atoms with Crippen LogP contribution in [0.3, 0.4) is 0 Å². The van der Waals surface area contributed by atoms with Gasteiger partial charge >= 0.3 is 0 Å². The van der Waals surface area contributed by atoms with Gasteiger partial charge in [0.2, 0.25) is 0 Å². The second-order valence-corrected chi connectivity index (χ2v) is 7.54. The van der Waals surface area contributed by atoms with E-state index in [1.165, 1.54) is 0 Å². The lowest BCUT2D eigenvalue weighted by Crippen LogP contribution is -2.33. The number of rotatable bonds is 2. The highest BCUT2D eigenvalue weighted by Gasteiger charge is 2.31. The van der Waals surface area contributed by atoms with E-state index in [-0.39, 0.29) is 11.8 Å². The summed E-state index contributed by atoms with van der Waals surface area (Å²) in [7, 11) is -3.13. The van der Waals surface area contributed by atoms with Crippen molar-refractivity contribution in [2.24, 2.45) is 0 Å². The lowest BCUT2D eigenvalue weighted by atomic mass is 10.0. The number of hydrogen-bond acceptors (Lipinski definition) is 3. The fourth-order valence-electron chi connectivity index (χ4n) is 2.23. The van der Waals surface area contributed by atoms with E-state index in [1.807, 2.05) is 12.1 Å². The van der Waals surface area contributed by atoms with E-state index in [0.717, 1.165) is 5.56 Å². The van der Waals surface area contributed by atoms with E-state index < -0.39 is 9.84 Å². The van der Waals surface area contributed by atoms with E-state index in [2.05, 4.69) is 35.1 Å². The molecule has 0 amide bonds. The highest BCUT2D eigenvalue weighted by atomic mass is 79.9. The van der Waals surface area contributed by atoms with Gasteiger partial charge in [-0.2, -0.15) is 0 Å². The van der Waals surface area contributed by atoms with Crippen LogP contribution in [0.5, 0.6) is 0 Å². The Labute approximate surface area is 111 Å². The van der Waals surface area contributed by atoms with Crippen LogP contribution in [0.2, 0.25) is 0 Å². The molecule has 2 rings (SSSR count). The molecular weight excluding hydrogens is 302 g/mol. The van der Waals surface area contributed by atoms with Crippen molar-refractivity contribution in [3.8, 4) is 0 Å². The third-order valence-corrected chi connectivity index (χ3v) is 5.67. The standard InChI is InChI=1S/C12H16BrNO2S/c1-8(2)14-11-6-7-17(15,16)12-9(11)4-3-5-10(12)13/h3-5,8,11,14H,6-7H2,1-2H3. The number of nitrogens with one attached hydrogen (secondary N) is 1. The van der Waals surface area contributed by atoms with E-state index >= 15 is 0 Å². The molecule has 1 aromatic rings. The Balaban J connectivity index is 2.53. The van der Waals surface area contributed by atoms with Crippen molar-refractivity contribution >= 4 is 25.8 Å². The van der Waals surface area contributed by atoms with Crippen molar-refractivity contribution in [1.29, 1.82) is 0 Å². The molecule has 1 aromatic carbocycles. The van der Waals surface area contributed by atoms with Crippen LogP contribution in [0.4, 0.5) is 0 Å². The third kappa shape index (κ3) is 2.56. The zero-order valence-electron chi connectivity index (χ0n) is 9.90. The molecule has 94 valence electrons. The summed E-state index contributed by atoms with van der Waals surface area (Å²) < 4.78 is 24.8. The number of benzene rings is 1. The van der Waals surface area contributed by atoms with Crippen LogP contribution >= 0.6 is 15.9 Å². The van der Waals surface area contributed by atoms with Gasteiger partial charge in [0.05, 0.1) is 10.6 Å². The lowest BCUT2D eigenvalue weighted by molar-refractivity contribution is 0.449. The maximum atomic E-state index is 12.1. The van der Waals surface area contributed by atoms with Crippen molar-refractivity contribution in [3.63, 3.8) is 0 Å². The maximum Gasteiger partial charge on any atom is 0.179 e. The van der Waals surface area contributed by atoms with E-state index in [4.69, 9.17) is 0 Å². The molecule has 0 saturated carbocycles. The molecule has 0 spiro atoms. The van der Waals surface area contributed by atoms with Crippen molar-refractivity contribution in [2.45, 2.75) is 37.2 Å². The summed E-state index contributed by atoms with van der Waals surface area (Å²) in [6.07, 6.45) is 0.643. The molecular formula is C12H16BrNO2S. The number of halogens is 1. The monoisotopic (exact) mass is 317 g/mol. The van der Waals surface area contributed by atoms with Gasteiger partial charge in [-0.05, 0) is 34.0 Å². The van der Waals surface area contributed by atoms with Gasteiger partial charge < -0.3 is 5.32 Å². The molecule has 0 radical (unpaired) electrons. The maximum absolute atomic E-state index is 12.1. The molecule has 0 aromatic heterocycles.